The molecule has 0 aromatic rings. The number of aliphatic carboxylic acids is 3. The summed E-state index contributed by atoms with van der Waals surface area (Å²) in [5, 5.41) is 41.4. The number of alkyl halides is 17. The highest BCUT2D eigenvalue weighted by molar-refractivity contribution is 7.99. The van der Waals surface area contributed by atoms with Crippen LogP contribution in [0.3, 0.4) is 0 Å². The SMILES string of the molecule is O=C(O)CN1CCN(CC(=O)O)CCN(CC(O)CNC(=O)CCCCCCCCCCSCCC(F)(F)C(F)(F)C(F)(F)C(F)(F)C(F)(F)C(F)(F)C(F)(F)C(F)(F)F)CCN(CC(=O)O)CC1. The number of hydrogen-bond donors (Lipinski definition) is 5. The monoisotopic (exact) mass is 1070 g/mol. The van der Waals surface area contributed by atoms with Crippen LogP contribution < -0.4 is 5.32 Å². The first-order valence-corrected chi connectivity index (χ1v) is 22.4. The van der Waals surface area contributed by atoms with Crippen molar-refractivity contribution in [2.45, 2.75) is 118 Å². The van der Waals surface area contributed by atoms with Gasteiger partial charge in [0.2, 0.25) is 5.91 Å². The van der Waals surface area contributed by atoms with Gasteiger partial charge in [-0.25, -0.2) is 0 Å². The highest BCUT2D eigenvalue weighted by atomic mass is 32.2. The number of thioether (sulfide) groups is 1. The lowest BCUT2D eigenvalue weighted by atomic mass is 9.88. The highest BCUT2D eigenvalue weighted by Gasteiger charge is 2.95. The molecule has 1 rings (SSSR count). The minimum Gasteiger partial charge on any atom is -0.480 e. The van der Waals surface area contributed by atoms with Gasteiger partial charge in [-0.05, 0) is 24.3 Å². The van der Waals surface area contributed by atoms with Gasteiger partial charge < -0.3 is 25.7 Å². The Hall–Kier alpha value is -3.16. The number of β-amino-alcohol motifs (C(OH)–C–C–N with tert-alkyl or cyclic N) is 1. The molecule has 1 unspecified atom stereocenters. The third-order valence-electron chi connectivity index (χ3n) is 10.8. The molecule has 1 aliphatic rings. The molecule has 69 heavy (non-hydrogen) atoms. The van der Waals surface area contributed by atoms with Crippen molar-refractivity contribution >= 4 is 35.6 Å². The Morgan fingerprint density at radius 2 is 0.797 bits per heavy atom. The molecule has 1 aliphatic heterocycles. The van der Waals surface area contributed by atoms with Crippen LogP contribution in [0, 0.1) is 0 Å². The van der Waals surface area contributed by atoms with Crippen LogP contribution in [0.1, 0.15) is 64.2 Å². The van der Waals surface area contributed by atoms with Crippen molar-refractivity contribution in [3.8, 4) is 0 Å². The molecule has 0 spiro atoms. The summed E-state index contributed by atoms with van der Waals surface area (Å²) >= 11 is 0.383. The third-order valence-corrected chi connectivity index (χ3v) is 11.9. The quantitative estimate of drug-likeness (QED) is 0.0386. The van der Waals surface area contributed by atoms with Gasteiger partial charge in [-0.1, -0.05) is 38.5 Å². The Bertz CT molecular complexity index is 1590. The van der Waals surface area contributed by atoms with Crippen LogP contribution in [-0.4, -0.2) is 214 Å². The summed E-state index contributed by atoms with van der Waals surface area (Å²) in [5.41, 5.74) is 0. The van der Waals surface area contributed by atoms with Crippen LogP contribution in [0.5, 0.6) is 0 Å². The van der Waals surface area contributed by atoms with E-state index in [-0.39, 0.29) is 110 Å². The number of amides is 1. The van der Waals surface area contributed by atoms with Gasteiger partial charge in [0.25, 0.3) is 0 Å². The van der Waals surface area contributed by atoms with E-state index < -0.39 is 83.8 Å². The standard InChI is InChI=1S/C38H56F17N5O8S/c39-31(40,32(41,42)33(43,44)34(45,46)35(47,48)36(49,50)37(51,52)38(53,54)55)10-20-69-19-8-6-4-2-1-3-5-7-9-27(62)56-21-26(61)22-57-11-13-58(23-28(63)64)15-17-60(25-30(67)68)18-16-59(14-12-57)24-29(65)66/h26,61H,1-25H2,(H,56,62)(H,63,64)(H,65,66)(H,67,68). The van der Waals surface area contributed by atoms with Crippen LogP contribution in [0.2, 0.25) is 0 Å². The van der Waals surface area contributed by atoms with E-state index in [2.05, 4.69) is 5.32 Å². The highest BCUT2D eigenvalue weighted by Crippen LogP contribution is 2.64. The molecule has 1 atom stereocenters. The smallest absolute Gasteiger partial charge is 0.460 e. The number of carbonyl (C=O) groups is 4. The summed E-state index contributed by atoms with van der Waals surface area (Å²) in [7, 11) is 0. The van der Waals surface area contributed by atoms with Crippen molar-refractivity contribution in [1.82, 2.24) is 24.9 Å². The van der Waals surface area contributed by atoms with E-state index in [1.165, 1.54) is 0 Å². The van der Waals surface area contributed by atoms with Crippen molar-refractivity contribution in [3.05, 3.63) is 0 Å². The molecule has 0 aliphatic carbocycles. The Kier molecular flexibility index (Phi) is 25.0. The fourth-order valence-electron chi connectivity index (χ4n) is 6.70. The summed E-state index contributed by atoms with van der Waals surface area (Å²) in [6.07, 6.45) is -7.04. The number of unbranched alkanes of at least 4 members (excludes halogenated alkanes) is 7. The van der Waals surface area contributed by atoms with E-state index in [1.807, 2.05) is 0 Å². The Balaban J connectivity index is 2.48. The van der Waals surface area contributed by atoms with Crippen LogP contribution in [0.15, 0.2) is 0 Å². The molecular weight excluding hydrogens is 1010 g/mol. The second-order valence-electron chi connectivity index (χ2n) is 16.4. The number of carboxylic acid groups (broad SMARTS) is 3. The third kappa shape index (κ3) is 18.4. The van der Waals surface area contributed by atoms with Crippen molar-refractivity contribution in [1.29, 1.82) is 0 Å². The minimum absolute atomic E-state index is 0.0433. The molecule has 0 bridgehead atoms. The zero-order chi connectivity index (χ0) is 53.3. The maximum atomic E-state index is 14.1. The fraction of sp³-hybridized carbons (Fsp3) is 0.895. The normalized spacial score (nSPS) is 17.5. The summed E-state index contributed by atoms with van der Waals surface area (Å²) in [5.74, 6) is -61.3. The summed E-state index contributed by atoms with van der Waals surface area (Å²) in [6, 6.07) is 0. The van der Waals surface area contributed by atoms with E-state index in [4.69, 9.17) is 0 Å². The lowest BCUT2D eigenvalue weighted by Gasteiger charge is -2.42. The van der Waals surface area contributed by atoms with Crippen molar-refractivity contribution in [2.24, 2.45) is 0 Å². The second-order valence-corrected chi connectivity index (χ2v) is 17.6. The molecule has 0 radical (unpaired) electrons. The number of nitrogens with one attached hydrogen (secondary N) is 1. The first-order chi connectivity index (χ1) is 31.5. The topological polar surface area (TPSA) is 174 Å². The number of rotatable bonds is 30. The van der Waals surface area contributed by atoms with E-state index in [9.17, 15) is 114 Å². The first kappa shape index (κ1) is 63.9. The Morgan fingerprint density at radius 3 is 1.17 bits per heavy atom. The number of aliphatic hydroxyl groups is 1. The van der Waals surface area contributed by atoms with Gasteiger partial charge >= 0.3 is 65.5 Å². The summed E-state index contributed by atoms with van der Waals surface area (Å²) in [6.45, 7) is 0.701. The summed E-state index contributed by atoms with van der Waals surface area (Å²) < 4.78 is 228. The molecule has 0 saturated carbocycles. The average molecular weight is 1070 g/mol. The minimum atomic E-state index is -8.65. The molecule has 13 nitrogen and oxygen atoms in total. The number of carboxylic acids is 3. The lowest BCUT2D eigenvalue weighted by molar-refractivity contribution is -0.461. The zero-order valence-corrected chi connectivity index (χ0v) is 37.6. The van der Waals surface area contributed by atoms with E-state index in [0.29, 0.717) is 56.7 Å². The number of aliphatic hydroxyl groups excluding tert-OH is 1. The predicted octanol–water partition coefficient (Wildman–Crippen LogP) is 6.58. The number of hydrogen-bond acceptors (Lipinski definition) is 10. The van der Waals surface area contributed by atoms with Crippen LogP contribution in [-0.2, 0) is 19.2 Å². The molecule has 1 amide bonds. The number of nitrogens with zero attached hydrogens (tertiary/aromatic N) is 4. The molecule has 0 aromatic heterocycles. The molecule has 5 N–H and O–H groups in total. The zero-order valence-electron chi connectivity index (χ0n) is 36.8. The largest absolute Gasteiger partial charge is 0.480 e. The second kappa shape index (κ2) is 27.0. The molecule has 1 heterocycles. The van der Waals surface area contributed by atoms with Gasteiger partial charge in [-0.2, -0.15) is 86.4 Å². The average Bonchev–Trinajstić information content (AvgIpc) is 3.21. The first-order valence-electron chi connectivity index (χ1n) is 21.3. The van der Waals surface area contributed by atoms with Gasteiger partial charge in [0.05, 0.1) is 25.7 Å². The number of halogens is 17. The van der Waals surface area contributed by atoms with E-state index in [1.54, 1.807) is 19.6 Å². The lowest BCUT2D eigenvalue weighted by Crippen LogP contribution is -2.74. The Morgan fingerprint density at radius 1 is 0.464 bits per heavy atom. The van der Waals surface area contributed by atoms with E-state index >= 15 is 0 Å². The molecule has 31 heteroatoms. The van der Waals surface area contributed by atoms with Gasteiger partial charge in [0.15, 0.2) is 0 Å². The van der Waals surface area contributed by atoms with Crippen molar-refractivity contribution in [3.63, 3.8) is 0 Å². The van der Waals surface area contributed by atoms with Gasteiger partial charge in [0, 0.05) is 78.3 Å². The molecular formula is C38H56F17N5O8S. The molecule has 406 valence electrons. The molecule has 0 aromatic carbocycles. The van der Waals surface area contributed by atoms with Gasteiger partial charge in [-0.15, -0.1) is 0 Å². The van der Waals surface area contributed by atoms with Crippen LogP contribution in [0.4, 0.5) is 74.6 Å². The predicted molar refractivity (Wildman–Crippen MR) is 212 cm³/mol. The number of carbonyl (C=O) groups excluding carboxylic acids is 1. The maximum Gasteiger partial charge on any atom is 0.460 e. The van der Waals surface area contributed by atoms with Crippen molar-refractivity contribution < 1.29 is 114 Å². The fourth-order valence-corrected chi connectivity index (χ4v) is 7.71. The van der Waals surface area contributed by atoms with E-state index in [0.717, 1.165) is 0 Å². The summed E-state index contributed by atoms with van der Waals surface area (Å²) in [4.78, 5) is 53.4. The Labute approximate surface area is 389 Å². The molecule has 1 saturated heterocycles. The van der Waals surface area contributed by atoms with Gasteiger partial charge in [0.1, 0.15) is 0 Å². The van der Waals surface area contributed by atoms with Gasteiger partial charge in [-0.3, -0.25) is 38.8 Å². The molecule has 1 fully saturated rings. The maximum absolute atomic E-state index is 14.1. The van der Waals surface area contributed by atoms with Crippen molar-refractivity contribution in [2.75, 3.05) is 96.6 Å². The van der Waals surface area contributed by atoms with Crippen LogP contribution in [0.25, 0.3) is 0 Å². The van der Waals surface area contributed by atoms with Crippen LogP contribution >= 0.6 is 11.8 Å².